The van der Waals surface area contributed by atoms with Gasteiger partial charge in [0.1, 0.15) is 0 Å². The second kappa shape index (κ2) is 14.6. The predicted octanol–water partition coefficient (Wildman–Crippen LogP) is 9.37. The largest absolute Gasteiger partial charge is 0.378 e. The van der Waals surface area contributed by atoms with Crippen LogP contribution in [0.5, 0.6) is 0 Å². The Hall–Kier alpha value is -0.363. The molecule has 0 amide bonds. The summed E-state index contributed by atoms with van der Waals surface area (Å²) in [4.78, 5) is 5.27. The van der Waals surface area contributed by atoms with Gasteiger partial charge in [0.05, 0.1) is 8.07 Å². The van der Waals surface area contributed by atoms with E-state index < -0.39 is 8.07 Å². The van der Waals surface area contributed by atoms with Crippen molar-refractivity contribution in [1.29, 1.82) is 0 Å². The zero-order valence-electron chi connectivity index (χ0n) is 27.2. The molecule has 0 aromatic carbocycles. The average Bonchev–Trinajstić information content (AvgIpc) is 3.58. The fourth-order valence-electron chi connectivity index (χ4n) is 9.76. The Labute approximate surface area is 263 Å². The first-order chi connectivity index (χ1) is 19.9. The molecule has 2 fully saturated rings. The van der Waals surface area contributed by atoms with Crippen LogP contribution in [0.1, 0.15) is 65.2 Å². The molecule has 5 rings (SSSR count). The monoisotopic (exact) mass is 612 g/mol. The van der Waals surface area contributed by atoms with E-state index in [-0.39, 0.29) is 0 Å². The van der Waals surface area contributed by atoms with E-state index in [0.717, 1.165) is 40.7 Å². The smallest absolute Gasteiger partial charge is 0.0548 e. The molecule has 2 nitrogen and oxygen atoms in total. The minimum Gasteiger partial charge on any atom is -0.378 e. The van der Waals surface area contributed by atoms with Crippen molar-refractivity contribution in [2.75, 3.05) is 56.7 Å². The van der Waals surface area contributed by atoms with Crippen molar-refractivity contribution >= 4 is 31.6 Å². The minimum atomic E-state index is -1.52. The molecule has 0 aliphatic heterocycles. The molecule has 0 aromatic heterocycles. The van der Waals surface area contributed by atoms with Gasteiger partial charge in [-0.1, -0.05) is 69.3 Å². The Morgan fingerprint density at radius 2 is 1.51 bits per heavy atom. The van der Waals surface area contributed by atoms with Gasteiger partial charge in [0.15, 0.2) is 0 Å². The second-order valence-electron chi connectivity index (χ2n) is 14.4. The number of fused-ring (bicyclic) bond motifs is 3. The van der Waals surface area contributed by atoms with Crippen LogP contribution in [0.15, 0.2) is 47.2 Å². The summed E-state index contributed by atoms with van der Waals surface area (Å²) in [5.74, 6) is 9.16. The molecule has 0 bridgehead atoms. The maximum Gasteiger partial charge on any atom is 0.0548 e. The third-order valence-corrected chi connectivity index (χ3v) is 18.7. The summed E-state index contributed by atoms with van der Waals surface area (Å²) in [7, 11) is 3.08. The summed E-state index contributed by atoms with van der Waals surface area (Å²) in [6.45, 7) is 14.1. The first kappa shape index (κ1) is 32.0. The van der Waals surface area contributed by atoms with Crippen LogP contribution in [0.4, 0.5) is 0 Å². The lowest BCUT2D eigenvalue weighted by Crippen LogP contribution is -2.43. The Balaban J connectivity index is 1.31. The number of thioether (sulfide) groups is 2. The van der Waals surface area contributed by atoms with Crippen molar-refractivity contribution < 1.29 is 0 Å². The van der Waals surface area contributed by atoms with Gasteiger partial charge < -0.3 is 9.80 Å². The third kappa shape index (κ3) is 6.99. The molecular weight excluding hydrogens is 553 g/mol. The van der Waals surface area contributed by atoms with Crippen LogP contribution >= 0.6 is 23.5 Å². The Morgan fingerprint density at radius 1 is 0.829 bits per heavy atom. The molecule has 0 heterocycles. The van der Waals surface area contributed by atoms with Crippen LogP contribution in [0, 0.1) is 29.6 Å². The quantitative estimate of drug-likeness (QED) is 0.142. The number of likely N-dealkylation sites (N-methyl/N-ethyl adjacent to an activating group) is 1. The zero-order valence-corrected chi connectivity index (χ0v) is 29.9. The SMILES string of the molecule is CCSCCN(CCSCC)CCC1CC([Si](C)(C)C2CCC3C4=C(CCCC4)C(N(C)C)=CC32)C2C=CC=CC12. The number of hydrogen-bond acceptors (Lipinski definition) is 4. The van der Waals surface area contributed by atoms with E-state index in [1.54, 1.807) is 11.3 Å². The predicted molar refractivity (Wildman–Crippen MR) is 189 cm³/mol. The summed E-state index contributed by atoms with van der Waals surface area (Å²) < 4.78 is 0. The first-order valence-corrected chi connectivity index (χ1v) is 22.7. The summed E-state index contributed by atoms with van der Waals surface area (Å²) in [6, 6.07) is 0. The third-order valence-electron chi connectivity index (χ3n) is 11.8. The molecule has 7 atom stereocenters. The topological polar surface area (TPSA) is 6.48 Å². The van der Waals surface area contributed by atoms with E-state index in [1.807, 2.05) is 5.57 Å². The van der Waals surface area contributed by atoms with E-state index in [4.69, 9.17) is 0 Å². The molecule has 5 heteroatoms. The summed E-state index contributed by atoms with van der Waals surface area (Å²) >= 11 is 4.23. The molecular formula is C36H60N2S2Si. The molecule has 5 aliphatic rings. The van der Waals surface area contributed by atoms with Crippen LogP contribution in [0.2, 0.25) is 24.2 Å². The van der Waals surface area contributed by atoms with Crippen LogP contribution < -0.4 is 0 Å². The van der Waals surface area contributed by atoms with Crippen molar-refractivity contribution in [3.05, 3.63) is 47.2 Å². The Bertz CT molecular complexity index is 988. The molecule has 0 radical (unpaired) electrons. The van der Waals surface area contributed by atoms with Crippen molar-refractivity contribution in [2.24, 2.45) is 29.6 Å². The number of hydrogen-bond donors (Lipinski definition) is 0. The van der Waals surface area contributed by atoms with Gasteiger partial charge in [-0.2, -0.15) is 23.5 Å². The van der Waals surface area contributed by atoms with Crippen molar-refractivity contribution in [3.63, 3.8) is 0 Å². The van der Waals surface area contributed by atoms with Crippen molar-refractivity contribution in [2.45, 2.75) is 89.4 Å². The van der Waals surface area contributed by atoms with E-state index in [1.165, 1.54) is 94.0 Å². The molecule has 5 aliphatic carbocycles. The van der Waals surface area contributed by atoms with Crippen LogP contribution in [-0.2, 0) is 0 Å². The van der Waals surface area contributed by atoms with E-state index in [0.29, 0.717) is 0 Å². The van der Waals surface area contributed by atoms with Gasteiger partial charge in [-0.25, -0.2) is 0 Å². The summed E-state index contributed by atoms with van der Waals surface area (Å²) in [6.07, 6.45) is 24.2. The fourth-order valence-corrected chi connectivity index (χ4v) is 16.1. The van der Waals surface area contributed by atoms with Gasteiger partial charge in [-0.05, 0) is 109 Å². The Morgan fingerprint density at radius 3 is 2.20 bits per heavy atom. The van der Waals surface area contributed by atoms with Crippen LogP contribution in [-0.4, -0.2) is 74.6 Å². The molecule has 7 unspecified atom stereocenters. The standard InChI is InChI=1S/C36H60N2S2Si/c1-7-39-23-21-38(22-24-40-8-2)20-19-27-25-36(32-16-12-9-13-28(27)32)41(5,6)35-18-17-30-29-14-10-11-15-31(29)34(37(3)4)26-33(30)35/h9,12-13,16,26-28,30,32-33,35-36H,7-8,10-11,14-15,17-25H2,1-6H3. The number of allylic oxidation sites excluding steroid dienone is 7. The lowest BCUT2D eigenvalue weighted by atomic mass is 9.74. The highest BCUT2D eigenvalue weighted by molar-refractivity contribution is 7.99. The van der Waals surface area contributed by atoms with Gasteiger partial charge in [0.25, 0.3) is 0 Å². The van der Waals surface area contributed by atoms with Crippen LogP contribution in [0.25, 0.3) is 0 Å². The van der Waals surface area contributed by atoms with Crippen molar-refractivity contribution in [3.8, 4) is 0 Å². The highest BCUT2D eigenvalue weighted by Crippen LogP contribution is 2.62. The second-order valence-corrected chi connectivity index (χ2v) is 22.3. The van der Waals surface area contributed by atoms with Gasteiger partial charge in [-0.3, -0.25) is 0 Å². The highest BCUT2D eigenvalue weighted by Gasteiger charge is 2.55. The molecule has 0 N–H and O–H groups in total. The van der Waals surface area contributed by atoms with Gasteiger partial charge in [0.2, 0.25) is 0 Å². The molecule has 0 aromatic rings. The first-order valence-electron chi connectivity index (χ1n) is 17.2. The number of rotatable bonds is 14. The Kier molecular flexibility index (Phi) is 11.4. The van der Waals surface area contributed by atoms with E-state index in [2.05, 4.69) is 105 Å². The summed E-state index contributed by atoms with van der Waals surface area (Å²) in [5, 5.41) is 0. The summed E-state index contributed by atoms with van der Waals surface area (Å²) in [5.41, 5.74) is 7.12. The minimum absolute atomic E-state index is 0.776. The lowest BCUT2D eigenvalue weighted by molar-refractivity contribution is 0.264. The molecule has 0 spiro atoms. The van der Waals surface area contributed by atoms with E-state index >= 15 is 0 Å². The average molecular weight is 613 g/mol. The number of nitrogens with zero attached hydrogens (tertiary/aromatic N) is 2. The maximum absolute atomic E-state index is 2.83. The lowest BCUT2D eigenvalue weighted by Gasteiger charge is -2.44. The van der Waals surface area contributed by atoms with Gasteiger partial charge in [0, 0.05) is 44.4 Å². The van der Waals surface area contributed by atoms with Crippen molar-refractivity contribution in [1.82, 2.24) is 9.80 Å². The maximum atomic E-state index is 2.83. The normalized spacial score (nSPS) is 32.8. The molecule has 41 heavy (non-hydrogen) atoms. The highest BCUT2D eigenvalue weighted by atomic mass is 32.2. The van der Waals surface area contributed by atoms with Gasteiger partial charge >= 0.3 is 0 Å². The van der Waals surface area contributed by atoms with Crippen LogP contribution in [0.3, 0.4) is 0 Å². The van der Waals surface area contributed by atoms with E-state index in [9.17, 15) is 0 Å². The zero-order chi connectivity index (χ0) is 29.0. The molecule has 2 saturated carbocycles. The molecule has 230 valence electrons. The molecule has 0 saturated heterocycles. The fraction of sp³-hybridized carbons (Fsp3) is 0.778. The van der Waals surface area contributed by atoms with Gasteiger partial charge in [-0.15, -0.1) is 0 Å².